The van der Waals surface area contributed by atoms with E-state index in [4.69, 9.17) is 0 Å². The molecule has 10 heteroatoms. The Hall–Kier alpha value is -4.34. The zero-order chi connectivity index (χ0) is 21.3. The van der Waals surface area contributed by atoms with Gasteiger partial charge in [0, 0.05) is 30.8 Å². The molecule has 0 amide bonds. The van der Waals surface area contributed by atoms with Crippen molar-refractivity contribution in [3.63, 3.8) is 0 Å². The number of hydrogen-bond donors (Lipinski definition) is 2. The van der Waals surface area contributed by atoms with Gasteiger partial charge in [-0.25, -0.2) is 10.4 Å². The van der Waals surface area contributed by atoms with Crippen LogP contribution in [0.25, 0.3) is 12.2 Å². The average Bonchev–Trinajstić information content (AvgIpc) is 3.27. The molecule has 3 rings (SSSR count). The van der Waals surface area contributed by atoms with Gasteiger partial charge in [0.2, 0.25) is 5.96 Å². The van der Waals surface area contributed by atoms with Crippen molar-refractivity contribution >= 4 is 35.2 Å². The summed E-state index contributed by atoms with van der Waals surface area (Å²) in [4.78, 5) is 24.8. The third-order valence-corrected chi connectivity index (χ3v) is 4.07. The maximum absolute atomic E-state index is 10.8. The van der Waals surface area contributed by atoms with E-state index in [-0.39, 0.29) is 11.4 Å². The smallest absolute Gasteiger partial charge is 0.269 e. The number of hydrazone groups is 1. The minimum atomic E-state index is -0.452. The molecule has 0 radical (unpaired) electrons. The fraction of sp³-hybridized carbons (Fsp3) is 0.100. The third-order valence-electron chi connectivity index (χ3n) is 4.07. The molecule has 2 N–H and O–H groups in total. The molecule has 0 saturated heterocycles. The Bertz CT molecular complexity index is 970. The van der Waals surface area contributed by atoms with Crippen LogP contribution in [0.4, 0.5) is 11.4 Å². The van der Waals surface area contributed by atoms with E-state index in [1.165, 1.54) is 24.3 Å². The molecule has 0 fully saturated rings. The van der Waals surface area contributed by atoms with E-state index in [1.54, 1.807) is 48.6 Å². The van der Waals surface area contributed by atoms with E-state index in [1.807, 2.05) is 0 Å². The van der Waals surface area contributed by atoms with Crippen molar-refractivity contribution in [2.75, 3.05) is 13.1 Å². The Morgan fingerprint density at radius 2 is 1.43 bits per heavy atom. The van der Waals surface area contributed by atoms with Gasteiger partial charge in [-0.05, 0) is 47.5 Å². The summed E-state index contributed by atoms with van der Waals surface area (Å²) in [6.07, 6.45) is 7.03. The Balaban J connectivity index is 1.77. The fourth-order valence-electron chi connectivity index (χ4n) is 2.50. The standard InChI is InChI=1S/C20H18N6O4/c27-25(28)18-9-3-15(4-10-18)1-7-17(23-24-20-21-13-14-22-20)8-2-16-5-11-19(12-6-16)26(29)30/h1-12H,13-14H2,(H2,21,22,24)/b7-1+,8-2+. The van der Waals surface area contributed by atoms with Crippen LogP contribution in [0.2, 0.25) is 0 Å². The molecule has 0 aliphatic carbocycles. The summed E-state index contributed by atoms with van der Waals surface area (Å²) in [5, 5.41) is 28.9. The highest BCUT2D eigenvalue weighted by molar-refractivity contribution is 6.09. The zero-order valence-electron chi connectivity index (χ0n) is 15.8. The first kappa shape index (κ1) is 20.4. The summed E-state index contributed by atoms with van der Waals surface area (Å²) in [5.74, 6) is 0.569. The van der Waals surface area contributed by atoms with Gasteiger partial charge in [0.25, 0.3) is 11.4 Å². The highest BCUT2D eigenvalue weighted by Gasteiger charge is 2.05. The molecule has 0 spiro atoms. The predicted octanol–water partition coefficient (Wildman–Crippen LogP) is 3.13. The molecule has 2 aromatic carbocycles. The van der Waals surface area contributed by atoms with Crippen LogP contribution in [0.3, 0.4) is 0 Å². The van der Waals surface area contributed by atoms with Crippen LogP contribution in [-0.4, -0.2) is 34.6 Å². The Morgan fingerprint density at radius 3 is 1.83 bits per heavy atom. The van der Waals surface area contributed by atoms with Gasteiger partial charge in [-0.3, -0.25) is 20.2 Å². The van der Waals surface area contributed by atoms with E-state index < -0.39 is 9.85 Å². The number of hydrogen-bond acceptors (Lipinski definition) is 8. The third kappa shape index (κ3) is 5.83. The summed E-state index contributed by atoms with van der Waals surface area (Å²) in [5.41, 5.74) is 4.99. The van der Waals surface area contributed by atoms with Crippen molar-refractivity contribution in [3.8, 4) is 0 Å². The summed E-state index contributed by atoms with van der Waals surface area (Å²) in [7, 11) is 0. The lowest BCUT2D eigenvalue weighted by Crippen LogP contribution is -2.30. The number of rotatable bonds is 7. The second-order valence-corrected chi connectivity index (χ2v) is 6.17. The molecule has 0 aromatic heterocycles. The maximum atomic E-state index is 10.8. The van der Waals surface area contributed by atoms with Crippen molar-refractivity contribution in [2.45, 2.75) is 0 Å². The highest BCUT2D eigenvalue weighted by atomic mass is 16.6. The van der Waals surface area contributed by atoms with E-state index >= 15 is 0 Å². The van der Waals surface area contributed by atoms with E-state index in [0.29, 0.717) is 18.2 Å². The number of nitrogens with zero attached hydrogens (tertiary/aromatic N) is 4. The number of aliphatic imine (C=N–C) groups is 1. The predicted molar refractivity (Wildman–Crippen MR) is 115 cm³/mol. The second-order valence-electron chi connectivity index (χ2n) is 6.17. The number of nitrogens with one attached hydrogen (secondary N) is 2. The van der Waals surface area contributed by atoms with Gasteiger partial charge in [-0.1, -0.05) is 12.2 Å². The summed E-state index contributed by atoms with van der Waals surface area (Å²) < 4.78 is 0. The average molecular weight is 406 g/mol. The Morgan fingerprint density at radius 1 is 0.933 bits per heavy atom. The van der Waals surface area contributed by atoms with E-state index in [9.17, 15) is 20.2 Å². The second kappa shape index (κ2) is 9.73. The SMILES string of the molecule is O=[N+]([O-])c1ccc(/C=C/C(/C=C/c2ccc([N+](=O)[O-])cc2)=NNC2=NCCN2)cc1. The van der Waals surface area contributed by atoms with Crippen molar-refractivity contribution < 1.29 is 9.85 Å². The van der Waals surface area contributed by atoms with Crippen LogP contribution in [0.15, 0.2) is 70.8 Å². The molecular formula is C20H18N6O4. The first-order chi connectivity index (χ1) is 14.5. The van der Waals surface area contributed by atoms with Gasteiger partial charge in [-0.2, -0.15) is 5.10 Å². The van der Waals surface area contributed by atoms with Crippen LogP contribution in [-0.2, 0) is 0 Å². The number of guanidine groups is 1. The molecule has 152 valence electrons. The van der Waals surface area contributed by atoms with Crippen LogP contribution in [0, 0.1) is 20.2 Å². The Labute approximate surface area is 171 Å². The largest absolute Gasteiger partial charge is 0.353 e. The number of non-ortho nitro benzene ring substituents is 2. The molecule has 1 heterocycles. The lowest BCUT2D eigenvalue weighted by Gasteiger charge is -2.01. The molecule has 2 aromatic rings. The van der Waals surface area contributed by atoms with E-state index in [2.05, 4.69) is 20.8 Å². The first-order valence-corrected chi connectivity index (χ1v) is 8.98. The van der Waals surface area contributed by atoms with Crippen molar-refractivity contribution in [3.05, 3.63) is 92.0 Å². The lowest BCUT2D eigenvalue weighted by atomic mass is 10.1. The van der Waals surface area contributed by atoms with Gasteiger partial charge >= 0.3 is 0 Å². The van der Waals surface area contributed by atoms with Crippen LogP contribution in [0.5, 0.6) is 0 Å². The molecule has 0 bridgehead atoms. The molecule has 1 aliphatic rings. The van der Waals surface area contributed by atoms with Gasteiger partial charge in [0.05, 0.1) is 22.1 Å². The van der Waals surface area contributed by atoms with Crippen molar-refractivity contribution in [1.82, 2.24) is 10.7 Å². The molecule has 1 aliphatic heterocycles. The number of nitro groups is 2. The first-order valence-electron chi connectivity index (χ1n) is 8.98. The molecule has 0 atom stereocenters. The van der Waals surface area contributed by atoms with Gasteiger partial charge in [0.1, 0.15) is 0 Å². The number of nitro benzene ring substituents is 2. The highest BCUT2D eigenvalue weighted by Crippen LogP contribution is 2.14. The van der Waals surface area contributed by atoms with Crippen LogP contribution in [0.1, 0.15) is 11.1 Å². The van der Waals surface area contributed by atoms with Gasteiger partial charge < -0.3 is 5.32 Å². The summed E-state index contributed by atoms with van der Waals surface area (Å²) in [6, 6.07) is 12.3. The minimum absolute atomic E-state index is 0.0195. The van der Waals surface area contributed by atoms with Crippen molar-refractivity contribution in [2.24, 2.45) is 10.1 Å². The lowest BCUT2D eigenvalue weighted by molar-refractivity contribution is -0.385. The molecule has 10 nitrogen and oxygen atoms in total. The Kier molecular flexibility index (Phi) is 6.62. The van der Waals surface area contributed by atoms with Gasteiger partial charge in [0.15, 0.2) is 0 Å². The normalized spacial score (nSPS) is 13.1. The maximum Gasteiger partial charge on any atom is 0.269 e. The quantitative estimate of drug-likeness (QED) is 0.412. The summed E-state index contributed by atoms with van der Waals surface area (Å²) >= 11 is 0. The minimum Gasteiger partial charge on any atom is -0.353 e. The molecule has 0 saturated carbocycles. The van der Waals surface area contributed by atoms with Crippen LogP contribution >= 0.6 is 0 Å². The van der Waals surface area contributed by atoms with Crippen LogP contribution < -0.4 is 10.7 Å². The number of benzene rings is 2. The monoisotopic (exact) mass is 406 g/mol. The van der Waals surface area contributed by atoms with Crippen molar-refractivity contribution in [1.29, 1.82) is 0 Å². The van der Waals surface area contributed by atoms with Gasteiger partial charge in [-0.15, -0.1) is 0 Å². The molecule has 0 unspecified atom stereocenters. The number of allylic oxidation sites excluding steroid dienone is 2. The zero-order valence-corrected chi connectivity index (χ0v) is 15.8. The molecular weight excluding hydrogens is 388 g/mol. The fourth-order valence-corrected chi connectivity index (χ4v) is 2.50. The summed E-state index contributed by atoms with van der Waals surface area (Å²) in [6.45, 7) is 1.41. The van der Waals surface area contributed by atoms with E-state index in [0.717, 1.165) is 17.7 Å². The molecule has 30 heavy (non-hydrogen) atoms. The topological polar surface area (TPSA) is 135 Å².